The van der Waals surface area contributed by atoms with Gasteiger partial charge in [-0.15, -0.1) is 11.8 Å². The van der Waals surface area contributed by atoms with E-state index in [0.717, 1.165) is 11.3 Å². The van der Waals surface area contributed by atoms with Crippen LogP contribution in [0.4, 0.5) is 0 Å². The topological polar surface area (TPSA) is 59.3 Å². The van der Waals surface area contributed by atoms with E-state index in [4.69, 9.17) is 14.7 Å². The first-order valence-electron chi connectivity index (χ1n) is 6.63. The Kier molecular flexibility index (Phi) is 5.87. The SMILES string of the molecule is COc1cc(C#N)ccc1OC(=O)CSCc1ccccc1. The summed E-state index contributed by atoms with van der Waals surface area (Å²) in [5, 5.41) is 8.84. The van der Waals surface area contributed by atoms with Crippen LogP contribution in [0.2, 0.25) is 0 Å². The van der Waals surface area contributed by atoms with E-state index < -0.39 is 0 Å². The molecule has 0 aliphatic heterocycles. The molecule has 4 nitrogen and oxygen atoms in total. The van der Waals surface area contributed by atoms with Crippen LogP contribution < -0.4 is 9.47 Å². The lowest BCUT2D eigenvalue weighted by molar-refractivity contribution is -0.131. The monoisotopic (exact) mass is 313 g/mol. The number of esters is 1. The Morgan fingerprint density at radius 2 is 1.95 bits per heavy atom. The van der Waals surface area contributed by atoms with E-state index in [0.29, 0.717) is 17.1 Å². The normalized spacial score (nSPS) is 9.82. The van der Waals surface area contributed by atoms with Gasteiger partial charge in [-0.3, -0.25) is 4.79 Å². The molecule has 5 heteroatoms. The molecular weight excluding hydrogens is 298 g/mol. The predicted octanol–water partition coefficient (Wildman–Crippen LogP) is 3.41. The quantitative estimate of drug-likeness (QED) is 0.604. The molecule has 2 aromatic rings. The second kappa shape index (κ2) is 8.11. The Morgan fingerprint density at radius 3 is 2.64 bits per heavy atom. The van der Waals surface area contributed by atoms with Crippen LogP contribution in [-0.4, -0.2) is 18.8 Å². The molecule has 0 N–H and O–H groups in total. The molecule has 0 saturated carbocycles. The van der Waals surface area contributed by atoms with E-state index in [9.17, 15) is 4.79 Å². The summed E-state index contributed by atoms with van der Waals surface area (Å²) in [5.74, 6) is 1.36. The molecule has 0 atom stereocenters. The first-order valence-corrected chi connectivity index (χ1v) is 7.79. The van der Waals surface area contributed by atoms with E-state index in [-0.39, 0.29) is 11.7 Å². The maximum absolute atomic E-state index is 11.9. The highest BCUT2D eigenvalue weighted by Crippen LogP contribution is 2.28. The van der Waals surface area contributed by atoms with Gasteiger partial charge in [0.2, 0.25) is 0 Å². The number of nitriles is 1. The molecule has 0 spiro atoms. The first kappa shape index (κ1) is 15.9. The van der Waals surface area contributed by atoms with Gasteiger partial charge >= 0.3 is 5.97 Å². The first-order chi connectivity index (χ1) is 10.7. The number of thioether (sulfide) groups is 1. The van der Waals surface area contributed by atoms with Crippen LogP contribution >= 0.6 is 11.8 Å². The average Bonchev–Trinajstić information content (AvgIpc) is 2.56. The lowest BCUT2D eigenvalue weighted by atomic mass is 10.2. The summed E-state index contributed by atoms with van der Waals surface area (Å²) < 4.78 is 10.4. The van der Waals surface area contributed by atoms with Gasteiger partial charge in [-0.25, -0.2) is 0 Å². The van der Waals surface area contributed by atoms with Crippen molar-refractivity contribution in [3.05, 3.63) is 59.7 Å². The minimum Gasteiger partial charge on any atom is -0.493 e. The molecule has 22 heavy (non-hydrogen) atoms. The van der Waals surface area contributed by atoms with Gasteiger partial charge in [-0.1, -0.05) is 30.3 Å². The summed E-state index contributed by atoms with van der Waals surface area (Å²) in [6.45, 7) is 0. The fraction of sp³-hybridized carbons (Fsp3) is 0.176. The Morgan fingerprint density at radius 1 is 1.18 bits per heavy atom. The maximum atomic E-state index is 11.9. The minimum atomic E-state index is -0.344. The number of carbonyl (C=O) groups is 1. The average molecular weight is 313 g/mol. The van der Waals surface area contributed by atoms with Gasteiger partial charge in [-0.05, 0) is 17.7 Å². The van der Waals surface area contributed by atoms with Crippen molar-refractivity contribution >= 4 is 17.7 Å². The van der Waals surface area contributed by atoms with Gasteiger partial charge in [-0.2, -0.15) is 5.26 Å². The van der Waals surface area contributed by atoms with Gasteiger partial charge in [0.15, 0.2) is 11.5 Å². The minimum absolute atomic E-state index is 0.248. The highest BCUT2D eigenvalue weighted by molar-refractivity contribution is 7.99. The maximum Gasteiger partial charge on any atom is 0.321 e. The third kappa shape index (κ3) is 4.54. The van der Waals surface area contributed by atoms with Crippen molar-refractivity contribution in [2.75, 3.05) is 12.9 Å². The molecule has 0 amide bonds. The molecule has 112 valence electrons. The largest absolute Gasteiger partial charge is 0.493 e. The van der Waals surface area contributed by atoms with Crippen molar-refractivity contribution < 1.29 is 14.3 Å². The molecule has 0 aromatic heterocycles. The van der Waals surface area contributed by atoms with Crippen LogP contribution in [0.25, 0.3) is 0 Å². The number of carbonyl (C=O) groups excluding carboxylic acids is 1. The summed E-state index contributed by atoms with van der Waals surface area (Å²) in [6.07, 6.45) is 0. The van der Waals surface area contributed by atoms with Gasteiger partial charge in [0.05, 0.1) is 24.5 Å². The third-order valence-corrected chi connectivity index (χ3v) is 3.83. The van der Waals surface area contributed by atoms with Crippen LogP contribution in [0.3, 0.4) is 0 Å². The molecule has 0 fully saturated rings. The van der Waals surface area contributed by atoms with Crippen molar-refractivity contribution in [2.24, 2.45) is 0 Å². The highest BCUT2D eigenvalue weighted by atomic mass is 32.2. The fourth-order valence-corrected chi connectivity index (χ4v) is 2.56. The van der Waals surface area contributed by atoms with Gasteiger partial charge in [0, 0.05) is 11.8 Å². The second-order valence-electron chi connectivity index (χ2n) is 4.43. The van der Waals surface area contributed by atoms with Gasteiger partial charge < -0.3 is 9.47 Å². The van der Waals surface area contributed by atoms with Crippen LogP contribution in [0, 0.1) is 11.3 Å². The second-order valence-corrected chi connectivity index (χ2v) is 5.42. The van der Waals surface area contributed by atoms with Crippen molar-refractivity contribution in [1.29, 1.82) is 5.26 Å². The molecule has 0 aliphatic carbocycles. The van der Waals surface area contributed by atoms with E-state index in [2.05, 4.69) is 0 Å². The summed E-state index contributed by atoms with van der Waals surface area (Å²) in [4.78, 5) is 11.9. The summed E-state index contributed by atoms with van der Waals surface area (Å²) >= 11 is 1.49. The number of ether oxygens (including phenoxy) is 2. The Hall–Kier alpha value is -2.45. The molecule has 0 bridgehead atoms. The van der Waals surface area contributed by atoms with Crippen LogP contribution in [0.5, 0.6) is 11.5 Å². The van der Waals surface area contributed by atoms with Crippen molar-refractivity contribution in [1.82, 2.24) is 0 Å². The molecular formula is C17H15NO3S. The predicted molar refractivity (Wildman–Crippen MR) is 85.9 cm³/mol. The number of benzene rings is 2. The zero-order valence-electron chi connectivity index (χ0n) is 12.1. The molecule has 0 heterocycles. The summed E-state index contributed by atoms with van der Waals surface area (Å²) in [6, 6.07) is 16.6. The van der Waals surface area contributed by atoms with E-state index in [1.807, 2.05) is 36.4 Å². The van der Waals surface area contributed by atoms with E-state index in [1.165, 1.54) is 18.9 Å². The Bertz CT molecular complexity index is 680. The number of hydrogen-bond acceptors (Lipinski definition) is 5. The van der Waals surface area contributed by atoms with Crippen LogP contribution in [0.15, 0.2) is 48.5 Å². The molecule has 0 saturated heterocycles. The van der Waals surface area contributed by atoms with Gasteiger partial charge in [0.1, 0.15) is 0 Å². The lowest BCUT2D eigenvalue weighted by Gasteiger charge is -2.09. The van der Waals surface area contributed by atoms with Crippen molar-refractivity contribution in [3.8, 4) is 17.6 Å². The van der Waals surface area contributed by atoms with Crippen LogP contribution in [-0.2, 0) is 10.5 Å². The molecule has 0 radical (unpaired) electrons. The molecule has 0 aliphatic rings. The molecule has 0 unspecified atom stereocenters. The standard InChI is InChI=1S/C17H15NO3S/c1-20-16-9-14(10-18)7-8-15(16)21-17(19)12-22-11-13-5-3-2-4-6-13/h2-9H,11-12H2,1H3. The fourth-order valence-electron chi connectivity index (χ4n) is 1.80. The van der Waals surface area contributed by atoms with Gasteiger partial charge in [0.25, 0.3) is 0 Å². The number of nitrogens with zero attached hydrogens (tertiary/aromatic N) is 1. The summed E-state index contributed by atoms with van der Waals surface area (Å²) in [5.41, 5.74) is 1.62. The number of methoxy groups -OCH3 is 1. The molecule has 2 rings (SSSR count). The summed E-state index contributed by atoms with van der Waals surface area (Å²) in [7, 11) is 1.47. The Balaban J connectivity index is 1.88. The third-order valence-electron chi connectivity index (χ3n) is 2.85. The van der Waals surface area contributed by atoms with E-state index in [1.54, 1.807) is 18.2 Å². The number of rotatable bonds is 6. The Labute approximate surface area is 133 Å². The molecule has 2 aromatic carbocycles. The zero-order valence-corrected chi connectivity index (χ0v) is 12.9. The van der Waals surface area contributed by atoms with E-state index >= 15 is 0 Å². The number of hydrogen-bond donors (Lipinski definition) is 0. The zero-order chi connectivity index (χ0) is 15.8. The van der Waals surface area contributed by atoms with Crippen LogP contribution in [0.1, 0.15) is 11.1 Å². The smallest absolute Gasteiger partial charge is 0.321 e. The highest BCUT2D eigenvalue weighted by Gasteiger charge is 2.11. The van der Waals surface area contributed by atoms with Crippen molar-refractivity contribution in [3.63, 3.8) is 0 Å². The lowest BCUT2D eigenvalue weighted by Crippen LogP contribution is -2.11. The van der Waals surface area contributed by atoms with Crippen molar-refractivity contribution in [2.45, 2.75) is 5.75 Å².